The zero-order valence-electron chi connectivity index (χ0n) is 17.4. The van der Waals surface area contributed by atoms with Crippen molar-refractivity contribution in [1.82, 2.24) is 5.32 Å². The Bertz CT molecular complexity index is 993. The van der Waals surface area contributed by atoms with Crippen molar-refractivity contribution in [2.45, 2.75) is 50.6 Å². The van der Waals surface area contributed by atoms with Gasteiger partial charge in [0, 0.05) is 12.1 Å². The predicted octanol–water partition coefficient (Wildman–Crippen LogP) is 5.68. The summed E-state index contributed by atoms with van der Waals surface area (Å²) in [5.74, 6) is 0.446. The summed E-state index contributed by atoms with van der Waals surface area (Å²) in [5.41, 5.74) is 2.70. The number of nitrogens with one attached hydrogen (secondary N) is 1. The van der Waals surface area contributed by atoms with Crippen molar-refractivity contribution in [2.75, 3.05) is 6.61 Å². The maximum Gasteiger partial charge on any atom is 0.306 e. The number of carboxylic acid groups (broad SMARTS) is 1. The molecule has 0 aliphatic heterocycles. The molecule has 3 atom stereocenters. The van der Waals surface area contributed by atoms with E-state index in [2.05, 4.69) is 66.8 Å². The van der Waals surface area contributed by atoms with Gasteiger partial charge in [0.05, 0.1) is 13.0 Å². The average Bonchev–Trinajstić information content (AvgIpc) is 3.22. The van der Waals surface area contributed by atoms with Gasteiger partial charge >= 0.3 is 5.97 Å². The van der Waals surface area contributed by atoms with E-state index in [1.165, 1.54) is 34.7 Å². The van der Waals surface area contributed by atoms with Gasteiger partial charge in [0.2, 0.25) is 0 Å². The molecule has 30 heavy (non-hydrogen) atoms. The fraction of sp³-hybridized carbons (Fsp3) is 0.346. The van der Waals surface area contributed by atoms with E-state index in [9.17, 15) is 4.79 Å². The van der Waals surface area contributed by atoms with E-state index in [4.69, 9.17) is 9.84 Å². The average molecular weight is 404 g/mol. The van der Waals surface area contributed by atoms with E-state index in [0.717, 1.165) is 12.2 Å². The second-order valence-electron chi connectivity index (χ2n) is 8.22. The van der Waals surface area contributed by atoms with E-state index < -0.39 is 5.97 Å². The molecule has 0 unspecified atom stereocenters. The minimum Gasteiger partial charge on any atom is -0.493 e. The molecule has 4 nitrogen and oxygen atoms in total. The van der Waals surface area contributed by atoms with Crippen LogP contribution in [0.5, 0.6) is 5.75 Å². The van der Waals surface area contributed by atoms with Crippen molar-refractivity contribution >= 4 is 16.7 Å². The number of hydrogen-bond acceptors (Lipinski definition) is 3. The zero-order valence-corrected chi connectivity index (χ0v) is 17.4. The van der Waals surface area contributed by atoms with Crippen molar-refractivity contribution in [3.63, 3.8) is 0 Å². The van der Waals surface area contributed by atoms with Crippen molar-refractivity contribution < 1.29 is 14.6 Å². The first-order valence-corrected chi connectivity index (χ1v) is 10.8. The topological polar surface area (TPSA) is 58.6 Å². The third kappa shape index (κ3) is 4.82. The van der Waals surface area contributed by atoms with Gasteiger partial charge in [-0.1, -0.05) is 54.6 Å². The van der Waals surface area contributed by atoms with Crippen molar-refractivity contribution in [2.24, 2.45) is 0 Å². The summed E-state index contributed by atoms with van der Waals surface area (Å²) >= 11 is 0. The summed E-state index contributed by atoms with van der Waals surface area (Å²) in [6.07, 6.45) is 3.51. The van der Waals surface area contributed by atoms with Gasteiger partial charge in [-0.15, -0.1) is 0 Å². The van der Waals surface area contributed by atoms with Gasteiger partial charge in [-0.3, -0.25) is 4.79 Å². The van der Waals surface area contributed by atoms with E-state index in [0.29, 0.717) is 18.0 Å². The highest BCUT2D eigenvalue weighted by molar-refractivity contribution is 5.86. The lowest BCUT2D eigenvalue weighted by Gasteiger charge is -2.21. The Hall–Kier alpha value is -2.85. The number of aliphatic carboxylic acids is 1. The van der Waals surface area contributed by atoms with Gasteiger partial charge in [-0.2, -0.15) is 0 Å². The number of ether oxygens (including phenoxy) is 1. The fourth-order valence-corrected chi connectivity index (χ4v) is 4.60. The van der Waals surface area contributed by atoms with Crippen LogP contribution in [0.4, 0.5) is 0 Å². The lowest BCUT2D eigenvalue weighted by Crippen LogP contribution is -2.29. The van der Waals surface area contributed by atoms with E-state index >= 15 is 0 Å². The van der Waals surface area contributed by atoms with Gasteiger partial charge in [-0.05, 0) is 66.1 Å². The van der Waals surface area contributed by atoms with Crippen LogP contribution in [-0.2, 0) is 4.79 Å². The number of hydrogen-bond donors (Lipinski definition) is 2. The molecule has 0 saturated heterocycles. The first-order chi connectivity index (χ1) is 14.6. The van der Waals surface area contributed by atoms with Crippen LogP contribution in [0.25, 0.3) is 10.8 Å². The Morgan fingerprint density at radius 1 is 1.07 bits per heavy atom. The first kappa shape index (κ1) is 20.4. The Balaban J connectivity index is 1.34. The molecule has 4 rings (SSSR count). The predicted molar refractivity (Wildman–Crippen MR) is 120 cm³/mol. The summed E-state index contributed by atoms with van der Waals surface area (Å²) in [5, 5.41) is 15.2. The molecular weight excluding hydrogens is 374 g/mol. The maximum atomic E-state index is 10.6. The van der Waals surface area contributed by atoms with Crippen LogP contribution in [0, 0.1) is 0 Å². The summed E-state index contributed by atoms with van der Waals surface area (Å²) < 4.78 is 5.50. The number of carboxylic acids is 1. The van der Waals surface area contributed by atoms with Crippen molar-refractivity contribution in [1.29, 1.82) is 0 Å². The molecule has 1 saturated carbocycles. The lowest BCUT2D eigenvalue weighted by molar-refractivity contribution is -0.137. The third-order valence-corrected chi connectivity index (χ3v) is 6.14. The maximum absolute atomic E-state index is 10.6. The first-order valence-electron chi connectivity index (χ1n) is 10.8. The minimum atomic E-state index is -0.839. The Kier molecular flexibility index (Phi) is 6.34. The van der Waals surface area contributed by atoms with Gasteiger partial charge < -0.3 is 15.2 Å². The molecule has 3 aromatic carbocycles. The molecule has 0 amide bonds. The normalized spacial score (nSPS) is 19.6. The van der Waals surface area contributed by atoms with E-state index in [1.54, 1.807) is 0 Å². The molecule has 0 heterocycles. The third-order valence-electron chi connectivity index (χ3n) is 6.14. The standard InChI is InChI=1S/C26H29NO3/c1-18(24-8-4-6-20-5-2-3-7-25(20)24)27-22-12-9-21(17-22)19-10-13-23(14-11-19)30-16-15-26(28)29/h2-8,10-11,13-14,18,21-22,27H,9,12,15-17H2,1H3,(H,28,29)/t18-,21-,22+/m1/s1. The second kappa shape index (κ2) is 9.31. The molecule has 1 aliphatic carbocycles. The zero-order chi connectivity index (χ0) is 20.9. The molecule has 1 aliphatic rings. The minimum absolute atomic E-state index is 0.0204. The van der Waals surface area contributed by atoms with Gasteiger partial charge in [0.25, 0.3) is 0 Å². The van der Waals surface area contributed by atoms with Gasteiger partial charge in [0.1, 0.15) is 5.75 Å². The second-order valence-corrected chi connectivity index (χ2v) is 8.22. The largest absolute Gasteiger partial charge is 0.493 e. The number of carbonyl (C=O) groups is 1. The molecular formula is C26H29NO3. The lowest BCUT2D eigenvalue weighted by atomic mass is 9.96. The van der Waals surface area contributed by atoms with Crippen LogP contribution >= 0.6 is 0 Å². The van der Waals surface area contributed by atoms with Crippen LogP contribution < -0.4 is 10.1 Å². The number of rotatable bonds is 8. The summed E-state index contributed by atoms with van der Waals surface area (Å²) in [6.45, 7) is 2.47. The van der Waals surface area contributed by atoms with Crippen molar-refractivity contribution in [3.8, 4) is 5.75 Å². The Morgan fingerprint density at radius 2 is 1.83 bits per heavy atom. The molecule has 4 heteroatoms. The molecule has 0 bridgehead atoms. The van der Waals surface area contributed by atoms with Crippen molar-refractivity contribution in [3.05, 3.63) is 77.9 Å². The highest BCUT2D eigenvalue weighted by Crippen LogP contribution is 2.36. The van der Waals surface area contributed by atoms with Crippen LogP contribution in [0.15, 0.2) is 66.7 Å². The quantitative estimate of drug-likeness (QED) is 0.508. The number of benzene rings is 3. The van der Waals surface area contributed by atoms with Gasteiger partial charge in [-0.25, -0.2) is 0 Å². The summed E-state index contributed by atoms with van der Waals surface area (Å²) in [6, 6.07) is 24.1. The smallest absolute Gasteiger partial charge is 0.306 e. The van der Waals surface area contributed by atoms with Crippen LogP contribution in [0.2, 0.25) is 0 Å². The highest BCUT2D eigenvalue weighted by Gasteiger charge is 2.27. The molecule has 0 radical (unpaired) electrons. The summed E-state index contributed by atoms with van der Waals surface area (Å²) in [4.78, 5) is 10.6. The molecule has 3 aromatic rings. The fourth-order valence-electron chi connectivity index (χ4n) is 4.60. The number of fused-ring (bicyclic) bond motifs is 1. The van der Waals surface area contributed by atoms with Gasteiger partial charge in [0.15, 0.2) is 0 Å². The Labute approximate surface area is 177 Å². The van der Waals surface area contributed by atoms with E-state index in [-0.39, 0.29) is 13.0 Å². The van der Waals surface area contributed by atoms with Crippen LogP contribution in [0.1, 0.15) is 55.7 Å². The molecule has 0 spiro atoms. The molecule has 2 N–H and O–H groups in total. The van der Waals surface area contributed by atoms with E-state index in [1.807, 2.05) is 12.1 Å². The Morgan fingerprint density at radius 3 is 2.63 bits per heavy atom. The summed E-state index contributed by atoms with van der Waals surface area (Å²) in [7, 11) is 0. The van der Waals surface area contributed by atoms with Crippen LogP contribution in [0.3, 0.4) is 0 Å². The monoisotopic (exact) mass is 403 g/mol. The SMILES string of the molecule is C[C@@H](N[C@H]1CC[C@@H](c2ccc(OCCC(=O)O)cc2)C1)c1cccc2ccccc12. The molecule has 156 valence electrons. The molecule has 0 aromatic heterocycles. The van der Waals surface area contributed by atoms with Crippen LogP contribution in [-0.4, -0.2) is 23.7 Å². The highest BCUT2D eigenvalue weighted by atomic mass is 16.5. The molecule has 1 fully saturated rings.